The zero-order valence-electron chi connectivity index (χ0n) is 14.1. The van der Waals surface area contributed by atoms with E-state index >= 15 is 0 Å². The second kappa shape index (κ2) is 8.34. The van der Waals surface area contributed by atoms with E-state index in [1.165, 1.54) is 5.56 Å². The summed E-state index contributed by atoms with van der Waals surface area (Å²) in [5.41, 5.74) is 2.66. The molecule has 132 valence electrons. The van der Waals surface area contributed by atoms with Crippen molar-refractivity contribution in [2.24, 2.45) is 0 Å². The van der Waals surface area contributed by atoms with Gasteiger partial charge in [0.25, 0.3) is 5.91 Å². The molecule has 0 aromatic heterocycles. The van der Waals surface area contributed by atoms with Gasteiger partial charge < -0.3 is 20.7 Å². The second-order valence-electron chi connectivity index (χ2n) is 6.02. The third-order valence-corrected chi connectivity index (χ3v) is 4.44. The van der Waals surface area contributed by atoms with Gasteiger partial charge in [-0.25, -0.2) is 0 Å². The standard InChI is InChI=1S/C19H22ClN3O2/c1-13(14-5-3-2-4-6-14)22-17-8-7-15(11-16(17)20)23-19(24)18-12-21-9-10-25-18/h2-8,11,13,18,21-22H,9-10,12H2,1H3,(H,23,24). The van der Waals surface area contributed by atoms with E-state index in [1.807, 2.05) is 30.3 Å². The Bertz CT molecular complexity index is 718. The van der Waals surface area contributed by atoms with E-state index in [1.54, 1.807) is 6.07 Å². The Morgan fingerprint density at radius 2 is 2.08 bits per heavy atom. The SMILES string of the molecule is CC(Nc1ccc(NC(=O)C2CNCCO2)cc1Cl)c1ccccc1. The molecule has 3 rings (SSSR count). The molecule has 0 radical (unpaired) electrons. The molecule has 1 aliphatic rings. The van der Waals surface area contributed by atoms with Crippen LogP contribution >= 0.6 is 11.6 Å². The minimum Gasteiger partial charge on any atom is -0.377 e. The Kier molecular flexibility index (Phi) is 5.91. The number of morpholine rings is 1. The first-order valence-electron chi connectivity index (χ1n) is 8.37. The van der Waals surface area contributed by atoms with E-state index in [-0.39, 0.29) is 11.9 Å². The van der Waals surface area contributed by atoms with Crippen molar-refractivity contribution in [2.45, 2.75) is 19.1 Å². The fraction of sp³-hybridized carbons (Fsp3) is 0.316. The summed E-state index contributed by atoms with van der Waals surface area (Å²) in [6.45, 7) is 3.91. The third-order valence-electron chi connectivity index (χ3n) is 4.13. The van der Waals surface area contributed by atoms with Crippen LogP contribution in [0.5, 0.6) is 0 Å². The molecule has 6 heteroatoms. The predicted octanol–water partition coefficient (Wildman–Crippen LogP) is 3.44. The zero-order chi connectivity index (χ0) is 17.6. The van der Waals surface area contributed by atoms with Gasteiger partial charge in [-0.3, -0.25) is 4.79 Å². The summed E-state index contributed by atoms with van der Waals surface area (Å²) in [5.74, 6) is -0.165. The Labute approximate surface area is 152 Å². The number of carbonyl (C=O) groups is 1. The molecule has 25 heavy (non-hydrogen) atoms. The van der Waals surface area contributed by atoms with Gasteiger partial charge in [-0.1, -0.05) is 41.9 Å². The molecule has 1 heterocycles. The van der Waals surface area contributed by atoms with Gasteiger partial charge >= 0.3 is 0 Å². The van der Waals surface area contributed by atoms with Gasteiger partial charge in [-0.05, 0) is 30.7 Å². The quantitative estimate of drug-likeness (QED) is 0.765. The topological polar surface area (TPSA) is 62.4 Å². The van der Waals surface area contributed by atoms with Crippen LogP contribution in [0.2, 0.25) is 5.02 Å². The molecule has 2 unspecified atom stereocenters. The number of carbonyl (C=O) groups excluding carboxylic acids is 1. The van der Waals surface area contributed by atoms with Crippen LogP contribution in [0.1, 0.15) is 18.5 Å². The summed E-state index contributed by atoms with van der Waals surface area (Å²) in [7, 11) is 0. The van der Waals surface area contributed by atoms with Crippen LogP contribution in [-0.4, -0.2) is 31.7 Å². The Morgan fingerprint density at radius 1 is 1.28 bits per heavy atom. The summed E-state index contributed by atoms with van der Waals surface area (Å²) in [4.78, 5) is 12.2. The summed E-state index contributed by atoms with van der Waals surface area (Å²) < 4.78 is 5.45. The summed E-state index contributed by atoms with van der Waals surface area (Å²) >= 11 is 6.37. The average molecular weight is 360 g/mol. The van der Waals surface area contributed by atoms with E-state index in [9.17, 15) is 4.79 Å². The van der Waals surface area contributed by atoms with Crippen LogP contribution in [0.25, 0.3) is 0 Å². The Balaban J connectivity index is 1.63. The normalized spacial score (nSPS) is 18.4. The van der Waals surface area contributed by atoms with Crippen molar-refractivity contribution in [2.75, 3.05) is 30.3 Å². The molecule has 1 amide bonds. The molecule has 1 fully saturated rings. The number of rotatable bonds is 5. The van der Waals surface area contributed by atoms with Crippen molar-refractivity contribution < 1.29 is 9.53 Å². The number of ether oxygens (including phenoxy) is 1. The molecule has 0 bridgehead atoms. The molecule has 2 aromatic carbocycles. The minimum absolute atomic E-state index is 0.126. The lowest BCUT2D eigenvalue weighted by Crippen LogP contribution is -2.45. The molecule has 1 aliphatic heterocycles. The molecule has 0 saturated carbocycles. The molecular formula is C19H22ClN3O2. The van der Waals surface area contributed by atoms with Crippen LogP contribution in [-0.2, 0) is 9.53 Å². The van der Waals surface area contributed by atoms with Crippen LogP contribution in [0, 0.1) is 0 Å². The lowest BCUT2D eigenvalue weighted by molar-refractivity contribution is -0.128. The maximum absolute atomic E-state index is 12.2. The van der Waals surface area contributed by atoms with Gasteiger partial charge in [0.2, 0.25) is 0 Å². The first-order chi connectivity index (χ1) is 12.1. The van der Waals surface area contributed by atoms with Gasteiger partial charge in [-0.15, -0.1) is 0 Å². The van der Waals surface area contributed by atoms with Crippen molar-refractivity contribution in [3.63, 3.8) is 0 Å². The number of anilines is 2. The van der Waals surface area contributed by atoms with Crippen molar-refractivity contribution in [3.05, 3.63) is 59.1 Å². The van der Waals surface area contributed by atoms with Crippen LogP contribution in [0.15, 0.2) is 48.5 Å². The van der Waals surface area contributed by atoms with Crippen molar-refractivity contribution in [1.29, 1.82) is 0 Å². The van der Waals surface area contributed by atoms with Gasteiger partial charge in [0, 0.05) is 24.8 Å². The van der Waals surface area contributed by atoms with E-state index < -0.39 is 6.10 Å². The number of nitrogens with one attached hydrogen (secondary N) is 3. The highest BCUT2D eigenvalue weighted by Crippen LogP contribution is 2.29. The van der Waals surface area contributed by atoms with Crippen LogP contribution in [0.4, 0.5) is 11.4 Å². The smallest absolute Gasteiger partial charge is 0.254 e. The van der Waals surface area contributed by atoms with Gasteiger partial charge in [0.05, 0.1) is 17.3 Å². The lowest BCUT2D eigenvalue weighted by Gasteiger charge is -2.23. The fourth-order valence-electron chi connectivity index (χ4n) is 2.72. The molecule has 3 N–H and O–H groups in total. The van der Waals surface area contributed by atoms with Crippen molar-refractivity contribution >= 4 is 28.9 Å². The first kappa shape index (κ1) is 17.7. The summed E-state index contributed by atoms with van der Waals surface area (Å²) in [6, 6.07) is 15.7. The number of hydrogen-bond donors (Lipinski definition) is 3. The second-order valence-corrected chi connectivity index (χ2v) is 6.43. The largest absolute Gasteiger partial charge is 0.377 e. The zero-order valence-corrected chi connectivity index (χ0v) is 14.8. The van der Waals surface area contributed by atoms with E-state index in [0.717, 1.165) is 12.2 Å². The van der Waals surface area contributed by atoms with Crippen LogP contribution in [0.3, 0.4) is 0 Å². The number of benzene rings is 2. The number of halogens is 1. The van der Waals surface area contributed by atoms with Crippen LogP contribution < -0.4 is 16.0 Å². The summed E-state index contributed by atoms with van der Waals surface area (Å²) in [5, 5.41) is 9.94. The molecule has 0 aliphatic carbocycles. The lowest BCUT2D eigenvalue weighted by atomic mass is 10.1. The minimum atomic E-state index is -0.469. The fourth-order valence-corrected chi connectivity index (χ4v) is 2.96. The summed E-state index contributed by atoms with van der Waals surface area (Å²) in [6.07, 6.45) is -0.469. The molecule has 2 atom stereocenters. The average Bonchev–Trinajstić information content (AvgIpc) is 2.65. The maximum Gasteiger partial charge on any atom is 0.254 e. The van der Waals surface area contributed by atoms with Crippen molar-refractivity contribution in [1.82, 2.24) is 5.32 Å². The van der Waals surface area contributed by atoms with Gasteiger partial charge in [-0.2, -0.15) is 0 Å². The first-order valence-corrected chi connectivity index (χ1v) is 8.75. The Morgan fingerprint density at radius 3 is 2.76 bits per heavy atom. The van der Waals surface area contributed by atoms with E-state index in [2.05, 4.69) is 35.0 Å². The molecular weight excluding hydrogens is 338 g/mol. The van der Waals surface area contributed by atoms with Gasteiger partial charge in [0.15, 0.2) is 0 Å². The maximum atomic E-state index is 12.2. The molecule has 0 spiro atoms. The Hall–Kier alpha value is -2.08. The predicted molar refractivity (Wildman–Crippen MR) is 101 cm³/mol. The highest BCUT2D eigenvalue weighted by atomic mass is 35.5. The highest BCUT2D eigenvalue weighted by molar-refractivity contribution is 6.33. The molecule has 2 aromatic rings. The molecule has 5 nitrogen and oxygen atoms in total. The highest BCUT2D eigenvalue weighted by Gasteiger charge is 2.21. The van der Waals surface area contributed by atoms with E-state index in [4.69, 9.17) is 16.3 Å². The molecule has 1 saturated heterocycles. The number of hydrogen-bond acceptors (Lipinski definition) is 4. The van der Waals surface area contributed by atoms with Gasteiger partial charge in [0.1, 0.15) is 6.10 Å². The van der Waals surface area contributed by atoms with E-state index in [0.29, 0.717) is 23.9 Å². The monoisotopic (exact) mass is 359 g/mol. The number of amides is 1. The third kappa shape index (κ3) is 4.72. The van der Waals surface area contributed by atoms with Crippen molar-refractivity contribution in [3.8, 4) is 0 Å².